The van der Waals surface area contributed by atoms with Gasteiger partial charge in [-0.05, 0) is 24.3 Å². The number of hydrogen-bond donors (Lipinski definition) is 2. The van der Waals surface area contributed by atoms with Crippen molar-refractivity contribution in [3.63, 3.8) is 0 Å². The Bertz CT molecular complexity index is 941. The first kappa shape index (κ1) is 21.3. The topological polar surface area (TPSA) is 122 Å². The number of anilines is 1. The molecule has 0 bridgehead atoms. The van der Waals surface area contributed by atoms with Gasteiger partial charge in [-0.1, -0.05) is 32.0 Å². The van der Waals surface area contributed by atoms with E-state index in [1.165, 1.54) is 34.6 Å². The molecule has 0 atom stereocenters. The van der Waals surface area contributed by atoms with Crippen LogP contribution in [0.2, 0.25) is 0 Å². The summed E-state index contributed by atoms with van der Waals surface area (Å²) in [6.07, 6.45) is 0. The molecule has 2 amide bonds. The Morgan fingerprint density at radius 2 is 1.68 bits per heavy atom. The summed E-state index contributed by atoms with van der Waals surface area (Å²) in [5.41, 5.74) is 0.704. The molecule has 10 heteroatoms. The van der Waals surface area contributed by atoms with Crippen molar-refractivity contribution in [1.82, 2.24) is 9.62 Å². The van der Waals surface area contributed by atoms with Crippen molar-refractivity contribution in [2.24, 2.45) is 0 Å². The lowest BCUT2D eigenvalue weighted by atomic mass is 10.2. The zero-order valence-electron chi connectivity index (χ0n) is 15.6. The van der Waals surface area contributed by atoms with Crippen molar-refractivity contribution in [3.8, 4) is 0 Å². The van der Waals surface area contributed by atoms with Crippen molar-refractivity contribution in [2.75, 3.05) is 18.4 Å². The molecule has 150 valence electrons. The minimum Gasteiger partial charge on any atom is -0.334 e. The van der Waals surface area contributed by atoms with E-state index in [9.17, 15) is 23.3 Å². The zero-order chi connectivity index (χ0) is 20.7. The normalized spacial score (nSPS) is 11.2. The first-order chi connectivity index (χ1) is 13.3. The van der Waals surface area contributed by atoms with Gasteiger partial charge in [-0.3, -0.25) is 10.1 Å². The number of benzene rings is 2. The number of amides is 2. The van der Waals surface area contributed by atoms with Crippen LogP contribution in [0.3, 0.4) is 0 Å². The first-order valence-electron chi connectivity index (χ1n) is 8.67. The third kappa shape index (κ3) is 5.05. The Labute approximate surface area is 163 Å². The summed E-state index contributed by atoms with van der Waals surface area (Å²) in [5, 5.41) is 16.1. The maximum Gasteiger partial charge on any atom is 0.319 e. The van der Waals surface area contributed by atoms with Crippen molar-refractivity contribution in [1.29, 1.82) is 0 Å². The minimum absolute atomic E-state index is 0.0165. The second kappa shape index (κ2) is 9.29. The molecule has 0 aliphatic heterocycles. The van der Waals surface area contributed by atoms with Gasteiger partial charge in [0.25, 0.3) is 5.69 Å². The molecule has 0 aliphatic carbocycles. The van der Waals surface area contributed by atoms with Crippen molar-refractivity contribution in [3.05, 3.63) is 64.2 Å². The number of carbonyl (C=O) groups excluding carboxylic acids is 1. The van der Waals surface area contributed by atoms with Crippen LogP contribution in [0.15, 0.2) is 53.4 Å². The van der Waals surface area contributed by atoms with E-state index in [0.29, 0.717) is 24.3 Å². The van der Waals surface area contributed by atoms with Crippen molar-refractivity contribution in [2.45, 2.75) is 25.3 Å². The molecule has 0 aliphatic rings. The molecule has 0 saturated heterocycles. The maximum absolute atomic E-state index is 12.4. The fourth-order valence-corrected chi connectivity index (χ4v) is 4.07. The number of urea groups is 1. The number of hydrogen-bond acceptors (Lipinski definition) is 5. The van der Waals surface area contributed by atoms with Crippen LogP contribution in [-0.2, 0) is 16.6 Å². The Hall–Kier alpha value is -2.98. The van der Waals surface area contributed by atoms with Gasteiger partial charge in [-0.25, -0.2) is 13.2 Å². The van der Waals surface area contributed by atoms with Crippen LogP contribution in [0, 0.1) is 10.1 Å². The summed E-state index contributed by atoms with van der Waals surface area (Å²) in [6, 6.07) is 11.4. The molecule has 2 rings (SSSR count). The predicted molar refractivity (Wildman–Crippen MR) is 106 cm³/mol. The number of nitro groups is 1. The highest BCUT2D eigenvalue weighted by atomic mass is 32.2. The summed E-state index contributed by atoms with van der Waals surface area (Å²) in [6.45, 7) is 4.24. The summed E-state index contributed by atoms with van der Waals surface area (Å²) >= 11 is 0. The van der Waals surface area contributed by atoms with Crippen LogP contribution in [0.1, 0.15) is 19.4 Å². The average molecular weight is 406 g/mol. The first-order valence-corrected chi connectivity index (χ1v) is 10.1. The van der Waals surface area contributed by atoms with Crippen LogP contribution in [0.25, 0.3) is 0 Å². The van der Waals surface area contributed by atoms with Gasteiger partial charge in [0.1, 0.15) is 0 Å². The standard InChI is InChI=1S/C18H22N4O5S/c1-3-21(4-2)28(26,27)16-11-9-15(10-12-16)20-18(23)19-13-14-7-5-6-8-17(14)22(24)25/h5-12H,3-4,13H2,1-2H3,(H2,19,20,23). The van der Waals surface area contributed by atoms with Gasteiger partial charge in [0, 0.05) is 30.4 Å². The van der Waals surface area contributed by atoms with Crippen LogP contribution in [-0.4, -0.2) is 36.8 Å². The molecule has 9 nitrogen and oxygen atoms in total. The average Bonchev–Trinajstić information content (AvgIpc) is 2.67. The van der Waals surface area contributed by atoms with E-state index in [1.54, 1.807) is 32.0 Å². The summed E-state index contributed by atoms with van der Waals surface area (Å²) in [4.78, 5) is 22.6. The van der Waals surface area contributed by atoms with E-state index in [2.05, 4.69) is 10.6 Å². The van der Waals surface area contributed by atoms with Crippen LogP contribution in [0.4, 0.5) is 16.2 Å². The highest BCUT2D eigenvalue weighted by molar-refractivity contribution is 7.89. The second-order valence-corrected chi connectivity index (χ2v) is 7.75. The predicted octanol–water partition coefficient (Wildman–Crippen LogP) is 2.95. The van der Waals surface area contributed by atoms with Gasteiger partial charge in [0.15, 0.2) is 0 Å². The number of nitrogens with zero attached hydrogens (tertiary/aromatic N) is 2. The number of nitrogens with one attached hydrogen (secondary N) is 2. The molecular weight excluding hydrogens is 384 g/mol. The summed E-state index contributed by atoms with van der Waals surface area (Å²) in [5.74, 6) is 0. The fourth-order valence-electron chi connectivity index (χ4n) is 2.61. The molecule has 0 saturated carbocycles. The molecule has 28 heavy (non-hydrogen) atoms. The van der Waals surface area contributed by atoms with E-state index in [0.717, 1.165) is 0 Å². The zero-order valence-corrected chi connectivity index (χ0v) is 16.4. The Morgan fingerprint density at radius 1 is 1.07 bits per heavy atom. The minimum atomic E-state index is -3.56. The fraction of sp³-hybridized carbons (Fsp3) is 0.278. The lowest BCUT2D eigenvalue weighted by Crippen LogP contribution is -2.30. The van der Waals surface area contributed by atoms with Crippen LogP contribution in [0.5, 0.6) is 0 Å². The lowest BCUT2D eigenvalue weighted by Gasteiger charge is -2.18. The molecule has 0 aromatic heterocycles. The molecule has 0 heterocycles. The van der Waals surface area contributed by atoms with E-state index >= 15 is 0 Å². The van der Waals surface area contributed by atoms with E-state index in [1.807, 2.05) is 0 Å². The van der Waals surface area contributed by atoms with Gasteiger partial charge in [-0.2, -0.15) is 4.31 Å². The quantitative estimate of drug-likeness (QED) is 0.516. The number of carbonyl (C=O) groups is 1. The van der Waals surface area contributed by atoms with Crippen molar-refractivity contribution >= 4 is 27.4 Å². The molecule has 2 aromatic rings. The SMILES string of the molecule is CCN(CC)S(=O)(=O)c1ccc(NC(=O)NCc2ccccc2[N+](=O)[O-])cc1. The number of sulfonamides is 1. The number of nitro benzene ring substituents is 1. The monoisotopic (exact) mass is 406 g/mol. The van der Waals surface area contributed by atoms with Crippen LogP contribution < -0.4 is 10.6 Å². The van der Waals surface area contributed by atoms with Gasteiger partial charge in [-0.15, -0.1) is 0 Å². The highest BCUT2D eigenvalue weighted by Crippen LogP contribution is 2.19. The van der Waals surface area contributed by atoms with Gasteiger partial charge in [0.05, 0.1) is 16.4 Å². The van der Waals surface area contributed by atoms with E-state index < -0.39 is 21.0 Å². The maximum atomic E-state index is 12.4. The second-order valence-electron chi connectivity index (χ2n) is 5.81. The van der Waals surface area contributed by atoms with Crippen LogP contribution >= 0.6 is 0 Å². The van der Waals surface area contributed by atoms with Gasteiger partial charge >= 0.3 is 6.03 Å². The van der Waals surface area contributed by atoms with Gasteiger partial charge < -0.3 is 10.6 Å². The third-order valence-electron chi connectivity index (χ3n) is 4.08. The Balaban J connectivity index is 2.01. The molecule has 2 N–H and O–H groups in total. The van der Waals surface area contributed by atoms with Crippen molar-refractivity contribution < 1.29 is 18.1 Å². The molecule has 0 fully saturated rings. The number of rotatable bonds is 8. The Kier molecular flexibility index (Phi) is 7.07. The lowest BCUT2D eigenvalue weighted by molar-refractivity contribution is -0.385. The molecule has 0 unspecified atom stereocenters. The largest absolute Gasteiger partial charge is 0.334 e. The van der Waals surface area contributed by atoms with E-state index in [4.69, 9.17) is 0 Å². The molecule has 0 spiro atoms. The summed E-state index contributed by atoms with van der Waals surface area (Å²) < 4.78 is 26.2. The number of para-hydroxylation sites is 1. The van der Waals surface area contributed by atoms with Gasteiger partial charge in [0.2, 0.25) is 10.0 Å². The molecule has 0 radical (unpaired) electrons. The van der Waals surface area contributed by atoms with E-state index in [-0.39, 0.29) is 17.1 Å². The highest BCUT2D eigenvalue weighted by Gasteiger charge is 2.21. The smallest absolute Gasteiger partial charge is 0.319 e. The summed E-state index contributed by atoms with van der Waals surface area (Å²) in [7, 11) is -3.56. The Morgan fingerprint density at radius 3 is 2.25 bits per heavy atom. The third-order valence-corrected chi connectivity index (χ3v) is 6.15. The molecular formula is C18H22N4O5S. The molecule has 2 aromatic carbocycles.